The molecule has 23 heavy (non-hydrogen) atoms. The predicted octanol–water partition coefficient (Wildman–Crippen LogP) is 1.41. The van der Waals surface area contributed by atoms with E-state index < -0.39 is 6.04 Å². The average Bonchev–Trinajstić information content (AvgIpc) is 3.03. The third-order valence-corrected chi connectivity index (χ3v) is 5.54. The van der Waals surface area contributed by atoms with Crippen LogP contribution in [0.1, 0.15) is 48.3 Å². The number of aryl methyl sites for hydroxylation is 1. The molecular formula is C16H26N4O2S. The van der Waals surface area contributed by atoms with Crippen molar-refractivity contribution in [3.05, 3.63) is 16.1 Å². The molecule has 0 aliphatic carbocycles. The van der Waals surface area contributed by atoms with Crippen molar-refractivity contribution >= 4 is 23.2 Å². The van der Waals surface area contributed by atoms with Crippen LogP contribution in [0.4, 0.5) is 0 Å². The molecular weight excluding hydrogens is 312 g/mol. The van der Waals surface area contributed by atoms with Gasteiger partial charge >= 0.3 is 0 Å². The number of piperidine rings is 1. The molecule has 1 aromatic rings. The van der Waals surface area contributed by atoms with E-state index in [1.54, 1.807) is 13.1 Å². The molecule has 0 radical (unpaired) electrons. The van der Waals surface area contributed by atoms with E-state index in [0.29, 0.717) is 24.0 Å². The fourth-order valence-electron chi connectivity index (χ4n) is 2.87. The molecule has 0 spiro atoms. The van der Waals surface area contributed by atoms with Crippen LogP contribution in [0.2, 0.25) is 0 Å². The highest BCUT2D eigenvalue weighted by molar-refractivity contribution is 7.13. The lowest BCUT2D eigenvalue weighted by Gasteiger charge is -2.35. The van der Waals surface area contributed by atoms with Gasteiger partial charge in [0.15, 0.2) is 5.01 Å². The van der Waals surface area contributed by atoms with Gasteiger partial charge in [0.05, 0.1) is 6.04 Å². The van der Waals surface area contributed by atoms with E-state index in [2.05, 4.69) is 17.2 Å². The van der Waals surface area contributed by atoms with E-state index >= 15 is 0 Å². The zero-order chi connectivity index (χ0) is 17.0. The van der Waals surface area contributed by atoms with Gasteiger partial charge in [-0.1, -0.05) is 6.92 Å². The van der Waals surface area contributed by atoms with Crippen molar-refractivity contribution in [3.8, 4) is 0 Å². The normalized spacial score (nSPS) is 18.5. The first-order chi connectivity index (χ1) is 10.9. The summed E-state index contributed by atoms with van der Waals surface area (Å²) in [5, 5.41) is 3.58. The molecule has 1 aromatic heterocycles. The summed E-state index contributed by atoms with van der Waals surface area (Å²) < 4.78 is 0. The van der Waals surface area contributed by atoms with E-state index in [9.17, 15) is 9.59 Å². The quantitative estimate of drug-likeness (QED) is 0.849. The van der Waals surface area contributed by atoms with E-state index in [-0.39, 0.29) is 17.9 Å². The number of carbonyl (C=O) groups excluding carboxylic acids is 2. The van der Waals surface area contributed by atoms with Crippen LogP contribution in [0.15, 0.2) is 6.20 Å². The van der Waals surface area contributed by atoms with E-state index in [1.165, 1.54) is 11.3 Å². The zero-order valence-electron chi connectivity index (χ0n) is 14.0. The minimum absolute atomic E-state index is 0.00928. The van der Waals surface area contributed by atoms with Crippen molar-refractivity contribution in [2.75, 3.05) is 13.1 Å². The number of hydrogen-bond acceptors (Lipinski definition) is 5. The monoisotopic (exact) mass is 338 g/mol. The molecule has 7 heteroatoms. The Morgan fingerprint density at radius 3 is 2.61 bits per heavy atom. The molecule has 2 heterocycles. The Labute approximate surface area is 141 Å². The summed E-state index contributed by atoms with van der Waals surface area (Å²) in [6.07, 6.45) is 4.44. The van der Waals surface area contributed by atoms with Crippen molar-refractivity contribution in [1.29, 1.82) is 0 Å². The summed E-state index contributed by atoms with van der Waals surface area (Å²) in [7, 11) is 0. The van der Waals surface area contributed by atoms with Gasteiger partial charge in [-0.2, -0.15) is 0 Å². The van der Waals surface area contributed by atoms with Crippen LogP contribution in [-0.2, 0) is 11.2 Å². The number of rotatable bonds is 5. The molecule has 0 bridgehead atoms. The second-order valence-electron chi connectivity index (χ2n) is 6.20. The van der Waals surface area contributed by atoms with Gasteiger partial charge < -0.3 is 16.0 Å². The summed E-state index contributed by atoms with van der Waals surface area (Å²) in [5.74, 6) is 0.285. The van der Waals surface area contributed by atoms with Crippen molar-refractivity contribution in [1.82, 2.24) is 15.2 Å². The van der Waals surface area contributed by atoms with Gasteiger partial charge in [0.1, 0.15) is 0 Å². The third kappa shape index (κ3) is 4.51. The van der Waals surface area contributed by atoms with Gasteiger partial charge in [0.2, 0.25) is 5.91 Å². The van der Waals surface area contributed by atoms with Crippen molar-refractivity contribution in [2.24, 2.45) is 11.7 Å². The van der Waals surface area contributed by atoms with Gasteiger partial charge in [0, 0.05) is 30.2 Å². The SMILES string of the molecule is CCc1cnc(C(=O)NC(C)C2CCN(C(=O)C(C)N)CC2)s1. The van der Waals surface area contributed by atoms with E-state index in [1.807, 2.05) is 11.8 Å². The van der Waals surface area contributed by atoms with Crippen LogP contribution >= 0.6 is 11.3 Å². The predicted molar refractivity (Wildman–Crippen MR) is 91.4 cm³/mol. The van der Waals surface area contributed by atoms with Gasteiger partial charge in [-0.15, -0.1) is 11.3 Å². The average molecular weight is 338 g/mol. The maximum atomic E-state index is 12.2. The smallest absolute Gasteiger partial charge is 0.280 e. The van der Waals surface area contributed by atoms with Gasteiger partial charge in [-0.25, -0.2) is 4.98 Å². The van der Waals surface area contributed by atoms with Crippen LogP contribution in [0.3, 0.4) is 0 Å². The fourth-order valence-corrected chi connectivity index (χ4v) is 3.63. The molecule has 6 nitrogen and oxygen atoms in total. The Balaban J connectivity index is 1.84. The number of likely N-dealkylation sites (tertiary alicyclic amines) is 1. The Kier molecular flexibility index (Phi) is 6.12. The fraction of sp³-hybridized carbons (Fsp3) is 0.688. The molecule has 1 aliphatic heterocycles. The van der Waals surface area contributed by atoms with Crippen LogP contribution in [0.5, 0.6) is 0 Å². The number of nitrogens with zero attached hydrogens (tertiary/aromatic N) is 2. The summed E-state index contributed by atoms with van der Waals surface area (Å²) in [4.78, 5) is 31.3. The molecule has 1 saturated heterocycles. The van der Waals surface area contributed by atoms with Gasteiger partial charge in [-0.05, 0) is 39.0 Å². The molecule has 2 unspecified atom stereocenters. The molecule has 1 aliphatic rings. The first-order valence-electron chi connectivity index (χ1n) is 8.22. The number of nitrogens with one attached hydrogen (secondary N) is 1. The van der Waals surface area contributed by atoms with Gasteiger partial charge in [0.25, 0.3) is 5.91 Å². The number of carbonyl (C=O) groups is 2. The highest BCUT2D eigenvalue weighted by atomic mass is 32.1. The number of thiazole rings is 1. The molecule has 3 N–H and O–H groups in total. The Morgan fingerprint density at radius 1 is 1.43 bits per heavy atom. The molecule has 0 aromatic carbocycles. The van der Waals surface area contributed by atoms with Crippen LogP contribution < -0.4 is 11.1 Å². The molecule has 1 fully saturated rings. The third-order valence-electron chi connectivity index (χ3n) is 4.40. The highest BCUT2D eigenvalue weighted by Gasteiger charge is 2.28. The second kappa shape index (κ2) is 7.88. The lowest BCUT2D eigenvalue weighted by atomic mass is 9.90. The van der Waals surface area contributed by atoms with Crippen molar-refractivity contribution in [2.45, 2.75) is 52.1 Å². The summed E-state index contributed by atoms with van der Waals surface area (Å²) in [6, 6.07) is -0.370. The Hall–Kier alpha value is -1.47. The summed E-state index contributed by atoms with van der Waals surface area (Å²) in [5.41, 5.74) is 5.65. The van der Waals surface area contributed by atoms with Crippen molar-refractivity contribution in [3.63, 3.8) is 0 Å². The molecule has 0 saturated carbocycles. The standard InChI is InChI=1S/C16H26N4O2S/c1-4-13-9-18-15(23-13)14(21)19-11(3)12-5-7-20(8-6-12)16(22)10(2)17/h9-12H,4-8,17H2,1-3H3,(H,19,21). The largest absolute Gasteiger partial charge is 0.347 e. The number of nitrogens with two attached hydrogens (primary N) is 1. The second-order valence-corrected chi connectivity index (χ2v) is 7.31. The lowest BCUT2D eigenvalue weighted by molar-refractivity contribution is -0.133. The van der Waals surface area contributed by atoms with Crippen LogP contribution in [0, 0.1) is 5.92 Å². The van der Waals surface area contributed by atoms with Crippen LogP contribution in [-0.4, -0.2) is 46.9 Å². The summed E-state index contributed by atoms with van der Waals surface area (Å²) >= 11 is 1.45. The Morgan fingerprint density at radius 2 is 2.09 bits per heavy atom. The Bertz CT molecular complexity index is 550. The van der Waals surface area contributed by atoms with E-state index in [0.717, 1.165) is 24.1 Å². The number of amides is 2. The molecule has 2 amide bonds. The zero-order valence-corrected chi connectivity index (χ0v) is 14.9. The maximum absolute atomic E-state index is 12.2. The topological polar surface area (TPSA) is 88.3 Å². The number of hydrogen-bond donors (Lipinski definition) is 2. The molecule has 2 atom stereocenters. The van der Waals surface area contributed by atoms with Crippen molar-refractivity contribution < 1.29 is 9.59 Å². The van der Waals surface area contributed by atoms with Gasteiger partial charge in [-0.3, -0.25) is 9.59 Å². The molecule has 2 rings (SSSR count). The minimum Gasteiger partial charge on any atom is -0.347 e. The molecule has 128 valence electrons. The highest BCUT2D eigenvalue weighted by Crippen LogP contribution is 2.22. The first-order valence-corrected chi connectivity index (χ1v) is 9.04. The van der Waals surface area contributed by atoms with E-state index in [4.69, 9.17) is 5.73 Å². The first kappa shape index (κ1) is 17.9. The lowest BCUT2D eigenvalue weighted by Crippen LogP contribution is -2.49. The summed E-state index contributed by atoms with van der Waals surface area (Å²) in [6.45, 7) is 7.22. The minimum atomic E-state index is -0.443. The van der Waals surface area contributed by atoms with Crippen LogP contribution in [0.25, 0.3) is 0 Å². The number of aromatic nitrogens is 1. The maximum Gasteiger partial charge on any atom is 0.280 e.